The summed E-state index contributed by atoms with van der Waals surface area (Å²) in [6.45, 7) is 1.48. The van der Waals surface area contributed by atoms with E-state index in [0.717, 1.165) is 18.8 Å². The lowest BCUT2D eigenvalue weighted by atomic mass is 9.84. The molecule has 4 rings (SSSR count). The molecule has 7 nitrogen and oxygen atoms in total. The monoisotopic (exact) mass is 460 g/mol. The number of aromatic nitrogens is 1. The van der Waals surface area contributed by atoms with Crippen LogP contribution in [-0.2, 0) is 0 Å². The fraction of sp³-hybridized carbons (Fsp3) is 0.444. The highest BCUT2D eigenvalue weighted by molar-refractivity contribution is 6.06. The first-order chi connectivity index (χ1) is 16.5. The van der Waals surface area contributed by atoms with Crippen LogP contribution in [0.3, 0.4) is 0 Å². The number of nitrogens with zero attached hydrogens (tertiary/aromatic N) is 4. The summed E-state index contributed by atoms with van der Waals surface area (Å²) in [5.41, 5.74) is 2.56. The predicted molar refractivity (Wildman–Crippen MR) is 133 cm³/mol. The smallest absolute Gasteiger partial charge is 0.407 e. The third kappa shape index (κ3) is 5.17. The summed E-state index contributed by atoms with van der Waals surface area (Å²) in [6.07, 6.45) is 13.4. The Hall–Kier alpha value is -3.53. The molecule has 1 unspecified atom stereocenters. The molecule has 178 valence electrons. The minimum atomic E-state index is -0.926. The lowest BCUT2D eigenvalue weighted by Gasteiger charge is -2.24. The topological polar surface area (TPSA) is 77.0 Å². The van der Waals surface area contributed by atoms with Crippen molar-refractivity contribution in [3.63, 3.8) is 0 Å². The average molecular weight is 461 g/mol. The van der Waals surface area contributed by atoms with Crippen LogP contribution in [0.1, 0.15) is 60.4 Å². The van der Waals surface area contributed by atoms with E-state index in [4.69, 9.17) is 6.42 Å². The van der Waals surface area contributed by atoms with Gasteiger partial charge in [-0.05, 0) is 55.0 Å². The summed E-state index contributed by atoms with van der Waals surface area (Å²) in [5, 5.41) is 9.21. The van der Waals surface area contributed by atoms with E-state index in [2.05, 4.69) is 27.9 Å². The van der Waals surface area contributed by atoms with Gasteiger partial charge in [0.2, 0.25) is 0 Å². The van der Waals surface area contributed by atoms with Crippen LogP contribution in [0, 0.1) is 12.3 Å². The van der Waals surface area contributed by atoms with Crippen molar-refractivity contribution in [3.05, 3.63) is 53.7 Å². The van der Waals surface area contributed by atoms with E-state index in [0.29, 0.717) is 23.7 Å². The second-order valence-corrected chi connectivity index (χ2v) is 9.21. The number of rotatable bonds is 6. The molecule has 2 fully saturated rings. The molecule has 1 aromatic carbocycles. The van der Waals surface area contributed by atoms with E-state index in [1.54, 1.807) is 18.1 Å². The largest absolute Gasteiger partial charge is 0.465 e. The summed E-state index contributed by atoms with van der Waals surface area (Å²) < 4.78 is 0. The molecule has 7 heteroatoms. The minimum Gasteiger partial charge on any atom is -0.465 e. The molecule has 1 aliphatic heterocycles. The SMILES string of the molecule is C#CCN(C(=O)c1ccc(C2CCCCC2)cc1)c1ccc(N2CCC(N(C)C(=O)O)C2)nc1. The number of hydrogen-bond acceptors (Lipinski definition) is 4. The Morgan fingerprint density at radius 3 is 2.47 bits per heavy atom. The average Bonchev–Trinajstić information content (AvgIpc) is 3.37. The predicted octanol–water partition coefficient (Wildman–Crippen LogP) is 4.60. The molecule has 0 spiro atoms. The second kappa shape index (κ2) is 10.6. The van der Waals surface area contributed by atoms with Gasteiger partial charge in [-0.3, -0.25) is 9.69 Å². The Morgan fingerprint density at radius 2 is 1.85 bits per heavy atom. The van der Waals surface area contributed by atoms with Crippen LogP contribution < -0.4 is 9.80 Å². The van der Waals surface area contributed by atoms with Crippen LogP contribution in [0.2, 0.25) is 0 Å². The maximum Gasteiger partial charge on any atom is 0.407 e. The van der Waals surface area contributed by atoms with Crippen molar-refractivity contribution in [2.75, 3.05) is 36.5 Å². The Morgan fingerprint density at radius 1 is 1.12 bits per heavy atom. The molecule has 34 heavy (non-hydrogen) atoms. The van der Waals surface area contributed by atoms with Gasteiger partial charge in [0.15, 0.2) is 0 Å². The number of carboxylic acid groups (broad SMARTS) is 1. The summed E-state index contributed by atoms with van der Waals surface area (Å²) in [4.78, 5) is 34.0. The number of likely N-dealkylation sites (N-methyl/N-ethyl adjacent to an activating group) is 1. The van der Waals surface area contributed by atoms with Crippen LogP contribution >= 0.6 is 0 Å². The number of anilines is 2. The lowest BCUT2D eigenvalue weighted by molar-refractivity contribution is 0.0990. The van der Waals surface area contributed by atoms with E-state index < -0.39 is 6.09 Å². The molecule has 2 amide bonds. The molecule has 1 atom stereocenters. The van der Waals surface area contributed by atoms with Gasteiger partial charge >= 0.3 is 6.09 Å². The van der Waals surface area contributed by atoms with Crippen LogP contribution in [0.5, 0.6) is 0 Å². The van der Waals surface area contributed by atoms with Crippen molar-refractivity contribution in [1.29, 1.82) is 0 Å². The third-order valence-electron chi connectivity index (χ3n) is 7.11. The zero-order valence-electron chi connectivity index (χ0n) is 19.7. The number of pyridine rings is 1. The Labute approximate surface area is 201 Å². The van der Waals surface area contributed by atoms with Crippen molar-refractivity contribution in [1.82, 2.24) is 9.88 Å². The highest BCUT2D eigenvalue weighted by Gasteiger charge is 2.29. The molecule has 1 saturated heterocycles. The molecule has 0 radical (unpaired) electrons. The summed E-state index contributed by atoms with van der Waals surface area (Å²) in [7, 11) is 1.60. The van der Waals surface area contributed by atoms with Crippen LogP contribution in [-0.4, -0.2) is 59.7 Å². The molecule has 1 saturated carbocycles. The first kappa shape index (κ1) is 23.6. The van der Waals surface area contributed by atoms with Gasteiger partial charge < -0.3 is 14.9 Å². The molecule has 1 aromatic heterocycles. The fourth-order valence-electron chi connectivity index (χ4n) is 5.01. The Balaban J connectivity index is 1.45. The van der Waals surface area contributed by atoms with Gasteiger partial charge in [0.05, 0.1) is 24.5 Å². The van der Waals surface area contributed by atoms with Crippen molar-refractivity contribution in [2.45, 2.75) is 50.5 Å². The number of carbonyl (C=O) groups excluding carboxylic acids is 1. The normalized spacial score (nSPS) is 18.4. The quantitative estimate of drug-likeness (QED) is 0.638. The van der Waals surface area contributed by atoms with Gasteiger partial charge in [0, 0.05) is 25.7 Å². The van der Waals surface area contributed by atoms with E-state index in [9.17, 15) is 14.7 Å². The number of hydrogen-bond donors (Lipinski definition) is 1. The first-order valence-corrected chi connectivity index (χ1v) is 12.0. The molecule has 2 heterocycles. The highest BCUT2D eigenvalue weighted by Crippen LogP contribution is 2.33. The van der Waals surface area contributed by atoms with E-state index >= 15 is 0 Å². The van der Waals surface area contributed by atoms with Crippen molar-refractivity contribution >= 4 is 23.5 Å². The summed E-state index contributed by atoms with van der Waals surface area (Å²) in [6, 6.07) is 11.6. The third-order valence-corrected chi connectivity index (χ3v) is 7.11. The first-order valence-electron chi connectivity index (χ1n) is 12.0. The van der Waals surface area contributed by atoms with Crippen molar-refractivity contribution < 1.29 is 14.7 Å². The number of carbonyl (C=O) groups is 2. The fourth-order valence-corrected chi connectivity index (χ4v) is 5.01. The van der Waals surface area contributed by atoms with Gasteiger partial charge in [-0.15, -0.1) is 6.42 Å². The van der Waals surface area contributed by atoms with Gasteiger partial charge in [0.1, 0.15) is 5.82 Å². The van der Waals surface area contributed by atoms with Crippen molar-refractivity contribution in [3.8, 4) is 12.3 Å². The van der Waals surface area contributed by atoms with E-state index in [1.165, 1.54) is 42.6 Å². The summed E-state index contributed by atoms with van der Waals surface area (Å²) in [5.74, 6) is 3.79. The van der Waals surface area contributed by atoms with Gasteiger partial charge in [-0.2, -0.15) is 0 Å². The Kier molecular flexibility index (Phi) is 7.36. The van der Waals surface area contributed by atoms with E-state index in [1.807, 2.05) is 24.3 Å². The minimum absolute atomic E-state index is 0.0601. The molecular formula is C27H32N4O3. The molecule has 1 aliphatic carbocycles. The molecule has 0 bridgehead atoms. The second-order valence-electron chi connectivity index (χ2n) is 9.21. The van der Waals surface area contributed by atoms with Crippen molar-refractivity contribution in [2.24, 2.45) is 0 Å². The maximum atomic E-state index is 13.3. The molecular weight excluding hydrogens is 428 g/mol. The van der Waals surface area contributed by atoms with Crippen LogP contribution in [0.25, 0.3) is 0 Å². The van der Waals surface area contributed by atoms with Gasteiger partial charge in [0.25, 0.3) is 5.91 Å². The zero-order valence-corrected chi connectivity index (χ0v) is 19.7. The Bertz CT molecular complexity index is 1040. The maximum absolute atomic E-state index is 13.3. The summed E-state index contributed by atoms with van der Waals surface area (Å²) >= 11 is 0. The molecule has 2 aromatic rings. The number of benzene rings is 1. The standard InChI is InChI=1S/C27H32N4O3/c1-3-16-31(26(32)22-11-9-21(10-12-22)20-7-5-4-6-8-20)23-13-14-25(28-18-23)30-17-15-24(19-30)29(2)27(33)34/h1,9-14,18,20,24H,4-8,15-17,19H2,2H3,(H,33,34). The number of amides is 2. The van der Waals surface area contributed by atoms with Crippen LogP contribution in [0.15, 0.2) is 42.6 Å². The molecule has 1 N–H and O–H groups in total. The van der Waals surface area contributed by atoms with Gasteiger partial charge in [-0.25, -0.2) is 9.78 Å². The molecule has 2 aliphatic rings. The number of terminal acetylenes is 1. The van der Waals surface area contributed by atoms with E-state index in [-0.39, 0.29) is 18.5 Å². The zero-order chi connectivity index (χ0) is 24.1. The van der Waals surface area contributed by atoms with Crippen LogP contribution in [0.4, 0.5) is 16.3 Å². The highest BCUT2D eigenvalue weighted by atomic mass is 16.4. The van der Waals surface area contributed by atoms with Gasteiger partial charge in [-0.1, -0.05) is 37.3 Å². The lowest BCUT2D eigenvalue weighted by Crippen LogP contribution is -2.38.